The number of aryl methyl sites for hydroxylation is 1. The summed E-state index contributed by atoms with van der Waals surface area (Å²) < 4.78 is 17.5. The molecule has 5 heteroatoms. The Kier molecular flexibility index (Phi) is 3.32. The lowest BCUT2D eigenvalue weighted by molar-refractivity contribution is 0.0593. The smallest absolute Gasteiger partial charge is 0.358 e. The van der Waals surface area contributed by atoms with E-state index in [1.54, 1.807) is 13.0 Å². The number of esters is 1. The van der Waals surface area contributed by atoms with Gasteiger partial charge in [-0.15, -0.1) is 0 Å². The van der Waals surface area contributed by atoms with E-state index in [0.29, 0.717) is 5.69 Å². The molecule has 1 aromatic heterocycles. The van der Waals surface area contributed by atoms with Crippen molar-refractivity contribution in [1.29, 1.82) is 0 Å². The zero-order valence-corrected chi connectivity index (χ0v) is 9.98. The third-order valence-corrected chi connectivity index (χ3v) is 2.51. The van der Waals surface area contributed by atoms with Crippen LogP contribution in [0.4, 0.5) is 4.39 Å². The molecule has 92 valence electrons. The van der Waals surface area contributed by atoms with Gasteiger partial charge < -0.3 is 4.74 Å². The molecule has 0 spiro atoms. The summed E-state index contributed by atoms with van der Waals surface area (Å²) in [7, 11) is 1.28. The van der Waals surface area contributed by atoms with Gasteiger partial charge in [-0.3, -0.25) is 4.98 Å². The first-order valence-electron chi connectivity index (χ1n) is 5.28. The number of hydrogen-bond acceptors (Lipinski definition) is 4. The number of nitrogens with zero attached hydrogens (tertiary/aromatic N) is 2. The first-order chi connectivity index (χ1) is 8.61. The lowest BCUT2D eigenvalue weighted by atomic mass is 10.1. The Morgan fingerprint density at radius 2 is 2.06 bits per heavy atom. The van der Waals surface area contributed by atoms with Crippen molar-refractivity contribution in [2.75, 3.05) is 7.11 Å². The highest BCUT2D eigenvalue weighted by Gasteiger charge is 2.09. The largest absolute Gasteiger partial charge is 0.464 e. The Morgan fingerprint density at radius 1 is 1.28 bits per heavy atom. The van der Waals surface area contributed by atoms with Crippen LogP contribution in [0.2, 0.25) is 0 Å². The monoisotopic (exact) mass is 246 g/mol. The molecule has 0 aliphatic rings. The van der Waals surface area contributed by atoms with Gasteiger partial charge in [0, 0.05) is 5.56 Å². The maximum atomic E-state index is 13.0. The van der Waals surface area contributed by atoms with Crippen LogP contribution in [-0.2, 0) is 4.74 Å². The minimum atomic E-state index is -0.537. The first-order valence-corrected chi connectivity index (χ1v) is 5.28. The predicted molar refractivity (Wildman–Crippen MR) is 63.5 cm³/mol. The Hall–Kier alpha value is -2.30. The summed E-state index contributed by atoms with van der Waals surface area (Å²) in [5.74, 6) is -0.833. The molecule has 4 nitrogen and oxygen atoms in total. The van der Waals surface area contributed by atoms with Crippen molar-refractivity contribution in [1.82, 2.24) is 9.97 Å². The molecular weight excluding hydrogens is 235 g/mol. The Balaban J connectivity index is 2.37. The molecule has 2 rings (SSSR count). The van der Waals surface area contributed by atoms with Crippen molar-refractivity contribution >= 4 is 5.97 Å². The molecule has 0 aliphatic carbocycles. The highest BCUT2D eigenvalue weighted by molar-refractivity contribution is 5.86. The summed E-state index contributed by atoms with van der Waals surface area (Å²) in [5.41, 5.74) is 2.26. The van der Waals surface area contributed by atoms with E-state index in [4.69, 9.17) is 0 Å². The molecule has 0 amide bonds. The van der Waals surface area contributed by atoms with Gasteiger partial charge in [-0.2, -0.15) is 0 Å². The molecule has 0 saturated heterocycles. The average Bonchev–Trinajstić information content (AvgIpc) is 2.38. The van der Waals surface area contributed by atoms with Gasteiger partial charge >= 0.3 is 5.97 Å². The van der Waals surface area contributed by atoms with Gasteiger partial charge in [0.15, 0.2) is 5.69 Å². The summed E-state index contributed by atoms with van der Waals surface area (Å²) in [6.07, 6.45) is 2.80. The minimum absolute atomic E-state index is 0.140. The van der Waals surface area contributed by atoms with Crippen molar-refractivity contribution in [3.63, 3.8) is 0 Å². The van der Waals surface area contributed by atoms with Crippen LogP contribution in [0.5, 0.6) is 0 Å². The Labute approximate surface area is 103 Å². The molecule has 0 atom stereocenters. The van der Waals surface area contributed by atoms with Crippen molar-refractivity contribution in [2.24, 2.45) is 0 Å². The summed E-state index contributed by atoms with van der Waals surface area (Å²) in [5, 5.41) is 0. The SMILES string of the molecule is COC(=O)c1cnc(-c2ccc(F)cc2C)cn1. The zero-order valence-electron chi connectivity index (χ0n) is 9.98. The number of carbonyl (C=O) groups is 1. The summed E-state index contributed by atoms with van der Waals surface area (Å²) in [6.45, 7) is 1.79. The van der Waals surface area contributed by atoms with E-state index in [-0.39, 0.29) is 11.5 Å². The first kappa shape index (κ1) is 12.2. The second kappa shape index (κ2) is 4.91. The standard InChI is InChI=1S/C13H11FN2O2/c1-8-5-9(14)3-4-10(8)11-6-16-12(7-15-11)13(17)18-2/h3-7H,1-2H3. The van der Waals surface area contributed by atoms with Gasteiger partial charge in [0.05, 0.1) is 25.2 Å². The number of benzene rings is 1. The van der Waals surface area contributed by atoms with Gasteiger partial charge in [0.25, 0.3) is 0 Å². The quantitative estimate of drug-likeness (QED) is 0.763. The molecule has 1 aromatic carbocycles. The Bertz CT molecular complexity index is 582. The van der Waals surface area contributed by atoms with Crippen molar-refractivity contribution in [3.8, 4) is 11.3 Å². The maximum Gasteiger partial charge on any atom is 0.358 e. The van der Waals surface area contributed by atoms with E-state index in [9.17, 15) is 9.18 Å². The van der Waals surface area contributed by atoms with Crippen molar-refractivity contribution < 1.29 is 13.9 Å². The molecule has 0 fully saturated rings. The van der Waals surface area contributed by atoms with Crippen molar-refractivity contribution in [3.05, 3.63) is 47.7 Å². The highest BCUT2D eigenvalue weighted by atomic mass is 19.1. The van der Waals surface area contributed by atoms with Gasteiger partial charge in [-0.05, 0) is 30.7 Å². The maximum absolute atomic E-state index is 13.0. The molecule has 0 saturated carbocycles. The summed E-state index contributed by atoms with van der Waals surface area (Å²) in [4.78, 5) is 19.3. The third kappa shape index (κ3) is 2.34. The lowest BCUT2D eigenvalue weighted by Crippen LogP contribution is -2.05. The van der Waals surface area contributed by atoms with Gasteiger partial charge in [-0.1, -0.05) is 0 Å². The average molecular weight is 246 g/mol. The highest BCUT2D eigenvalue weighted by Crippen LogP contribution is 2.21. The van der Waals surface area contributed by atoms with Crippen LogP contribution in [0.1, 0.15) is 16.1 Å². The Morgan fingerprint density at radius 3 is 2.61 bits per heavy atom. The van der Waals surface area contributed by atoms with E-state index in [1.165, 1.54) is 31.6 Å². The summed E-state index contributed by atoms with van der Waals surface area (Å²) >= 11 is 0. The molecule has 1 heterocycles. The van der Waals surface area contributed by atoms with Gasteiger partial charge in [-0.25, -0.2) is 14.2 Å². The molecule has 0 unspecified atom stereocenters. The van der Waals surface area contributed by atoms with E-state index in [2.05, 4.69) is 14.7 Å². The van der Waals surface area contributed by atoms with Gasteiger partial charge in [0.2, 0.25) is 0 Å². The molecule has 0 radical (unpaired) electrons. The fourth-order valence-corrected chi connectivity index (χ4v) is 1.59. The fraction of sp³-hybridized carbons (Fsp3) is 0.154. The second-order valence-corrected chi connectivity index (χ2v) is 3.74. The van der Waals surface area contributed by atoms with Gasteiger partial charge in [0.1, 0.15) is 5.82 Å². The minimum Gasteiger partial charge on any atom is -0.464 e. The molecule has 0 N–H and O–H groups in total. The topological polar surface area (TPSA) is 52.1 Å². The molecule has 0 bridgehead atoms. The number of halogens is 1. The fourth-order valence-electron chi connectivity index (χ4n) is 1.59. The van der Waals surface area contributed by atoms with Crippen LogP contribution in [0.15, 0.2) is 30.6 Å². The molecule has 18 heavy (non-hydrogen) atoms. The number of carbonyl (C=O) groups excluding carboxylic acids is 1. The van der Waals surface area contributed by atoms with E-state index >= 15 is 0 Å². The number of rotatable bonds is 2. The third-order valence-electron chi connectivity index (χ3n) is 2.51. The normalized spacial score (nSPS) is 10.2. The van der Waals surface area contributed by atoms with E-state index in [0.717, 1.165) is 11.1 Å². The summed E-state index contributed by atoms with van der Waals surface area (Å²) in [6, 6.07) is 4.41. The van der Waals surface area contributed by atoms with Crippen LogP contribution < -0.4 is 0 Å². The predicted octanol–water partition coefficient (Wildman–Crippen LogP) is 2.38. The molecule has 0 aliphatic heterocycles. The van der Waals surface area contributed by atoms with E-state index < -0.39 is 5.97 Å². The van der Waals surface area contributed by atoms with Crippen LogP contribution in [-0.4, -0.2) is 23.0 Å². The molecule has 2 aromatic rings. The van der Waals surface area contributed by atoms with Crippen LogP contribution in [0.3, 0.4) is 0 Å². The van der Waals surface area contributed by atoms with Crippen molar-refractivity contribution in [2.45, 2.75) is 6.92 Å². The van der Waals surface area contributed by atoms with E-state index in [1.807, 2.05) is 0 Å². The lowest BCUT2D eigenvalue weighted by Gasteiger charge is -2.05. The second-order valence-electron chi connectivity index (χ2n) is 3.74. The van der Waals surface area contributed by atoms with Crippen LogP contribution in [0, 0.1) is 12.7 Å². The van der Waals surface area contributed by atoms with Crippen LogP contribution in [0.25, 0.3) is 11.3 Å². The van der Waals surface area contributed by atoms with Crippen LogP contribution >= 0.6 is 0 Å². The zero-order chi connectivity index (χ0) is 13.1. The number of aromatic nitrogens is 2. The number of methoxy groups -OCH3 is 1. The number of ether oxygens (including phenoxy) is 1. The number of hydrogen-bond donors (Lipinski definition) is 0. The molecular formula is C13H11FN2O2.